The molecule has 0 spiro atoms. The maximum Gasteiger partial charge on any atom is 0.150 e. The van der Waals surface area contributed by atoms with Gasteiger partial charge < -0.3 is 0 Å². The molecular weight excluding hydrogens is 359 g/mol. The Balaban J connectivity index is 2.33. The van der Waals surface area contributed by atoms with Crippen molar-refractivity contribution in [3.8, 4) is 0 Å². The second-order valence-electron chi connectivity index (χ2n) is 8.17. The van der Waals surface area contributed by atoms with Crippen molar-refractivity contribution >= 4 is 17.4 Å². The fourth-order valence-corrected chi connectivity index (χ4v) is 3.61. The molecule has 0 unspecified atom stereocenters. The van der Waals surface area contributed by atoms with Gasteiger partial charge in [-0.25, -0.2) is 4.39 Å². The first-order valence-corrected chi connectivity index (χ1v) is 10.6. The highest BCUT2D eigenvalue weighted by Crippen LogP contribution is 2.26. The van der Waals surface area contributed by atoms with E-state index in [-0.39, 0.29) is 5.82 Å². The average molecular weight is 393 g/mol. The summed E-state index contributed by atoms with van der Waals surface area (Å²) < 4.78 is 14.7. The molecule has 154 valence electrons. The van der Waals surface area contributed by atoms with Gasteiger partial charge in [0.15, 0.2) is 0 Å². The Morgan fingerprint density at radius 2 is 1.86 bits per heavy atom. The van der Waals surface area contributed by atoms with E-state index in [1.807, 2.05) is 37.3 Å². The van der Waals surface area contributed by atoms with Gasteiger partial charge in [0.2, 0.25) is 0 Å². The van der Waals surface area contributed by atoms with Gasteiger partial charge >= 0.3 is 0 Å². The van der Waals surface area contributed by atoms with E-state index in [0.717, 1.165) is 58.9 Å². The predicted molar refractivity (Wildman–Crippen MR) is 122 cm³/mol. The van der Waals surface area contributed by atoms with Crippen molar-refractivity contribution in [1.29, 1.82) is 0 Å². The second-order valence-corrected chi connectivity index (χ2v) is 8.17. The molecule has 2 rings (SSSR count). The monoisotopic (exact) mass is 392 g/mol. The smallest absolute Gasteiger partial charge is 0.150 e. The van der Waals surface area contributed by atoms with E-state index in [0.29, 0.717) is 17.9 Å². The van der Waals surface area contributed by atoms with Crippen molar-refractivity contribution in [3.05, 3.63) is 82.2 Å². The van der Waals surface area contributed by atoms with Crippen LogP contribution in [0.2, 0.25) is 0 Å². The van der Waals surface area contributed by atoms with E-state index >= 15 is 0 Å². The quantitative estimate of drug-likeness (QED) is 0.322. The summed E-state index contributed by atoms with van der Waals surface area (Å²) in [5.41, 5.74) is 6.57. The summed E-state index contributed by atoms with van der Waals surface area (Å²) in [5, 5.41) is 0. The highest BCUT2D eigenvalue weighted by molar-refractivity contribution is 6.07. The Hall–Kier alpha value is -2.48. The number of carbonyl (C=O) groups is 1. The second kappa shape index (κ2) is 10.9. The zero-order valence-electron chi connectivity index (χ0n) is 18.4. The average Bonchev–Trinajstić information content (AvgIpc) is 2.67. The van der Waals surface area contributed by atoms with E-state index in [2.05, 4.69) is 39.8 Å². The van der Waals surface area contributed by atoms with Crippen molar-refractivity contribution in [2.75, 3.05) is 0 Å². The summed E-state index contributed by atoms with van der Waals surface area (Å²) in [6.07, 6.45) is 8.44. The number of halogens is 1. The van der Waals surface area contributed by atoms with E-state index in [9.17, 15) is 9.18 Å². The van der Waals surface area contributed by atoms with Crippen LogP contribution in [0.1, 0.15) is 68.4 Å². The van der Waals surface area contributed by atoms with Gasteiger partial charge in [0.05, 0.1) is 0 Å². The van der Waals surface area contributed by atoms with Gasteiger partial charge in [-0.2, -0.15) is 0 Å². The Kier molecular flexibility index (Phi) is 8.57. The fourth-order valence-electron chi connectivity index (χ4n) is 3.61. The summed E-state index contributed by atoms with van der Waals surface area (Å²) in [6.45, 7) is 10.4. The molecule has 0 amide bonds. The van der Waals surface area contributed by atoms with E-state index < -0.39 is 0 Å². The molecule has 0 aliphatic rings. The van der Waals surface area contributed by atoms with Crippen LogP contribution in [0.5, 0.6) is 0 Å². The van der Waals surface area contributed by atoms with Gasteiger partial charge in [0, 0.05) is 11.1 Å². The highest BCUT2D eigenvalue weighted by atomic mass is 19.1. The molecule has 2 aromatic rings. The molecule has 0 bridgehead atoms. The van der Waals surface area contributed by atoms with Crippen molar-refractivity contribution in [1.82, 2.24) is 0 Å². The molecule has 0 heterocycles. The minimum Gasteiger partial charge on any atom is -0.298 e. The Bertz CT molecular complexity index is 903. The predicted octanol–water partition coefficient (Wildman–Crippen LogP) is 7.36. The lowest BCUT2D eigenvalue weighted by atomic mass is 9.92. The molecule has 0 radical (unpaired) electrons. The number of unbranched alkanes of at least 4 members (excludes halogenated alkanes) is 1. The molecule has 0 saturated carbocycles. The lowest BCUT2D eigenvalue weighted by molar-refractivity contribution is -0.103. The van der Waals surface area contributed by atoms with Crippen LogP contribution in [0.3, 0.4) is 0 Å². The summed E-state index contributed by atoms with van der Waals surface area (Å²) in [6, 6.07) is 11.6. The van der Waals surface area contributed by atoms with Crippen molar-refractivity contribution < 1.29 is 9.18 Å². The third-order valence-corrected chi connectivity index (χ3v) is 5.22. The van der Waals surface area contributed by atoms with Crippen LogP contribution in [-0.2, 0) is 17.6 Å². The van der Waals surface area contributed by atoms with Crippen LogP contribution in [0.25, 0.3) is 11.1 Å². The molecule has 2 heteroatoms. The molecule has 2 aromatic carbocycles. The lowest BCUT2D eigenvalue weighted by Crippen LogP contribution is -1.99. The molecule has 0 aliphatic carbocycles. The molecule has 29 heavy (non-hydrogen) atoms. The molecule has 0 aromatic heterocycles. The summed E-state index contributed by atoms with van der Waals surface area (Å²) in [7, 11) is 0. The molecule has 0 fully saturated rings. The number of hydrogen-bond donors (Lipinski definition) is 0. The first kappa shape index (κ1) is 22.8. The van der Waals surface area contributed by atoms with Crippen LogP contribution in [0, 0.1) is 18.7 Å². The number of aldehydes is 1. The Labute approximate surface area is 175 Å². The van der Waals surface area contributed by atoms with Gasteiger partial charge in [0.25, 0.3) is 0 Å². The molecule has 1 nitrogen and oxygen atoms in total. The van der Waals surface area contributed by atoms with Crippen LogP contribution in [0.15, 0.2) is 48.6 Å². The first-order valence-electron chi connectivity index (χ1n) is 10.6. The van der Waals surface area contributed by atoms with E-state index in [1.165, 1.54) is 0 Å². The van der Waals surface area contributed by atoms with Crippen LogP contribution < -0.4 is 0 Å². The highest BCUT2D eigenvalue weighted by Gasteiger charge is 2.11. The number of allylic oxidation sites excluding steroid dienone is 4. The number of carbonyl (C=O) groups excluding carboxylic acids is 1. The van der Waals surface area contributed by atoms with Crippen molar-refractivity contribution in [2.24, 2.45) is 5.92 Å². The number of rotatable bonds is 9. The topological polar surface area (TPSA) is 17.1 Å². The van der Waals surface area contributed by atoms with Gasteiger partial charge in [-0.05, 0) is 72.9 Å². The molecule has 0 N–H and O–H groups in total. The molecular formula is C27H33FO. The molecule has 0 saturated heterocycles. The van der Waals surface area contributed by atoms with E-state index in [1.54, 1.807) is 6.07 Å². The third-order valence-electron chi connectivity index (χ3n) is 5.22. The normalized spacial score (nSPS) is 12.5. The maximum absolute atomic E-state index is 14.7. The molecule has 0 aliphatic heterocycles. The van der Waals surface area contributed by atoms with Crippen LogP contribution >= 0.6 is 0 Å². The van der Waals surface area contributed by atoms with Crippen molar-refractivity contribution in [3.63, 3.8) is 0 Å². The van der Waals surface area contributed by atoms with Gasteiger partial charge in [-0.3, -0.25) is 4.79 Å². The summed E-state index contributed by atoms with van der Waals surface area (Å²) in [5.74, 6) is 0.336. The van der Waals surface area contributed by atoms with Gasteiger partial charge in [-0.15, -0.1) is 0 Å². The van der Waals surface area contributed by atoms with Gasteiger partial charge in [0.1, 0.15) is 12.1 Å². The number of benzene rings is 2. The van der Waals surface area contributed by atoms with Crippen molar-refractivity contribution in [2.45, 2.75) is 60.3 Å². The maximum atomic E-state index is 14.7. The number of aryl methyl sites for hydroxylation is 1. The SMILES string of the molecule is CCC/C=C(\C=O)c1cccc(C)c1C/C=C(\C)c1ccc(CC(C)C)cc1F. The minimum atomic E-state index is -0.168. The third kappa shape index (κ3) is 6.25. The van der Waals surface area contributed by atoms with E-state index in [4.69, 9.17) is 0 Å². The zero-order chi connectivity index (χ0) is 21.4. The summed E-state index contributed by atoms with van der Waals surface area (Å²) in [4.78, 5) is 11.7. The van der Waals surface area contributed by atoms with Crippen LogP contribution in [0.4, 0.5) is 4.39 Å². The van der Waals surface area contributed by atoms with Crippen LogP contribution in [-0.4, -0.2) is 6.29 Å². The summed E-state index contributed by atoms with van der Waals surface area (Å²) >= 11 is 0. The largest absolute Gasteiger partial charge is 0.298 e. The minimum absolute atomic E-state index is 0.168. The standard InChI is InChI=1S/C27H33FO/c1-6-7-10-23(18-29)26-11-8-9-20(4)24(26)14-12-21(5)25-15-13-22(16-19(2)3)17-27(25)28/h8-13,15,17-19H,6-7,14,16H2,1-5H3/b21-12+,23-10+. The molecule has 0 atom stereocenters. The zero-order valence-corrected chi connectivity index (χ0v) is 18.4. The lowest BCUT2D eigenvalue weighted by Gasteiger charge is -2.13. The number of hydrogen-bond acceptors (Lipinski definition) is 1. The Morgan fingerprint density at radius 1 is 1.10 bits per heavy atom. The Morgan fingerprint density at radius 3 is 2.48 bits per heavy atom. The van der Waals surface area contributed by atoms with Gasteiger partial charge in [-0.1, -0.05) is 69.7 Å². The fraction of sp³-hybridized carbons (Fsp3) is 0.370. The first-order chi connectivity index (χ1) is 13.9.